The first-order valence-corrected chi connectivity index (χ1v) is 8.66. The zero-order valence-corrected chi connectivity index (χ0v) is 15.6. The number of carboxylic acid groups (broad SMARTS) is 1. The van der Waals surface area contributed by atoms with Gasteiger partial charge in [0.15, 0.2) is 0 Å². The number of nitrogens with one attached hydrogen (secondary N) is 1. The molecular formula is C19H25N3O4. The van der Waals surface area contributed by atoms with Crippen LogP contribution in [-0.2, 0) is 11.2 Å². The maximum atomic E-state index is 12.4. The lowest BCUT2D eigenvalue weighted by molar-refractivity contribution is -0.139. The zero-order valence-electron chi connectivity index (χ0n) is 15.6. The second-order valence-electron chi connectivity index (χ2n) is 7.48. The van der Waals surface area contributed by atoms with E-state index < -0.39 is 17.9 Å². The Hall–Kier alpha value is -2.70. The van der Waals surface area contributed by atoms with Gasteiger partial charge < -0.3 is 14.9 Å². The van der Waals surface area contributed by atoms with Crippen molar-refractivity contribution in [3.05, 3.63) is 35.7 Å². The Bertz CT molecular complexity index is 777. The van der Waals surface area contributed by atoms with Crippen LogP contribution in [0.1, 0.15) is 56.8 Å². The fourth-order valence-electron chi connectivity index (χ4n) is 2.48. The molecule has 1 unspecified atom stereocenters. The Balaban J connectivity index is 2.17. The van der Waals surface area contributed by atoms with Gasteiger partial charge in [0, 0.05) is 17.5 Å². The molecule has 0 bridgehead atoms. The van der Waals surface area contributed by atoms with Crippen LogP contribution in [0.15, 0.2) is 28.8 Å². The lowest BCUT2D eigenvalue weighted by Crippen LogP contribution is -2.40. The van der Waals surface area contributed by atoms with E-state index >= 15 is 0 Å². The summed E-state index contributed by atoms with van der Waals surface area (Å²) in [6.07, 6.45) is 1.69. The molecule has 140 valence electrons. The quantitative estimate of drug-likeness (QED) is 0.786. The van der Waals surface area contributed by atoms with Gasteiger partial charge in [-0.2, -0.15) is 4.98 Å². The summed E-state index contributed by atoms with van der Waals surface area (Å²) in [4.78, 5) is 28.0. The van der Waals surface area contributed by atoms with E-state index in [9.17, 15) is 14.7 Å². The largest absolute Gasteiger partial charge is 0.480 e. The maximum absolute atomic E-state index is 12.4. The van der Waals surface area contributed by atoms with E-state index in [0.717, 1.165) is 0 Å². The van der Waals surface area contributed by atoms with Crippen LogP contribution in [0, 0.1) is 5.41 Å². The standard InChI is InChI=1S/C19H25N3O4/c1-5-7-14(18(24)25)20-17(23)13-9-6-8-12(10-13)16-21-15(26-22-16)11-19(2,3)4/h6,8-10,14H,5,7,11H2,1-4H3,(H,20,23)(H,24,25). The number of amides is 1. The molecule has 2 aromatic rings. The fraction of sp³-hybridized carbons (Fsp3) is 0.474. The minimum Gasteiger partial charge on any atom is -0.480 e. The van der Waals surface area contributed by atoms with Gasteiger partial charge in [-0.15, -0.1) is 0 Å². The van der Waals surface area contributed by atoms with E-state index in [2.05, 4.69) is 36.2 Å². The minimum atomic E-state index is -1.04. The van der Waals surface area contributed by atoms with Crippen LogP contribution >= 0.6 is 0 Å². The molecule has 0 saturated carbocycles. The third-order valence-electron chi connectivity index (χ3n) is 3.71. The number of aromatic nitrogens is 2. The van der Waals surface area contributed by atoms with Gasteiger partial charge >= 0.3 is 5.97 Å². The molecule has 0 fully saturated rings. The number of hydrogen-bond donors (Lipinski definition) is 2. The summed E-state index contributed by atoms with van der Waals surface area (Å²) in [6, 6.07) is 5.84. The van der Waals surface area contributed by atoms with Crippen molar-refractivity contribution < 1.29 is 19.2 Å². The van der Waals surface area contributed by atoms with E-state index in [1.807, 2.05) is 6.92 Å². The van der Waals surface area contributed by atoms with Gasteiger partial charge in [0.1, 0.15) is 6.04 Å². The number of aliphatic carboxylic acids is 1. The number of rotatable bonds is 7. The first-order chi connectivity index (χ1) is 12.2. The summed E-state index contributed by atoms with van der Waals surface area (Å²) in [7, 11) is 0. The van der Waals surface area contributed by atoms with E-state index in [0.29, 0.717) is 42.1 Å². The second-order valence-corrected chi connectivity index (χ2v) is 7.48. The molecule has 7 nitrogen and oxygen atoms in total. The van der Waals surface area contributed by atoms with Gasteiger partial charge in [-0.1, -0.05) is 51.4 Å². The van der Waals surface area contributed by atoms with Crippen LogP contribution in [0.25, 0.3) is 11.4 Å². The number of nitrogens with zero attached hydrogens (tertiary/aromatic N) is 2. The highest BCUT2D eigenvalue weighted by molar-refractivity contribution is 5.97. The summed E-state index contributed by atoms with van der Waals surface area (Å²) in [5.41, 5.74) is 1.02. The molecule has 2 N–H and O–H groups in total. The number of benzene rings is 1. The van der Waals surface area contributed by atoms with E-state index in [4.69, 9.17) is 4.52 Å². The normalized spacial score (nSPS) is 12.6. The predicted octanol–water partition coefficient (Wildman–Crippen LogP) is 3.31. The van der Waals surface area contributed by atoms with E-state index in [1.165, 1.54) is 0 Å². The highest BCUT2D eigenvalue weighted by atomic mass is 16.5. The molecule has 0 aliphatic heterocycles. The highest BCUT2D eigenvalue weighted by Gasteiger charge is 2.21. The second kappa shape index (κ2) is 8.12. The third kappa shape index (κ3) is 5.40. The lowest BCUT2D eigenvalue weighted by atomic mass is 9.92. The van der Waals surface area contributed by atoms with Crippen molar-refractivity contribution in [2.45, 2.75) is 53.0 Å². The molecule has 0 aliphatic rings. The minimum absolute atomic E-state index is 0.0245. The summed E-state index contributed by atoms with van der Waals surface area (Å²) in [5, 5.41) is 15.7. The van der Waals surface area contributed by atoms with E-state index in [-0.39, 0.29) is 5.41 Å². The molecule has 0 saturated heterocycles. The molecule has 1 heterocycles. The van der Waals surface area contributed by atoms with Gasteiger partial charge in [0.05, 0.1) is 0 Å². The Morgan fingerprint density at radius 2 is 2.04 bits per heavy atom. The molecule has 0 spiro atoms. The van der Waals surface area contributed by atoms with Gasteiger partial charge in [0.25, 0.3) is 5.91 Å². The van der Waals surface area contributed by atoms with Crippen LogP contribution in [0.4, 0.5) is 0 Å². The lowest BCUT2D eigenvalue weighted by Gasteiger charge is -2.14. The molecule has 1 aromatic carbocycles. The van der Waals surface area contributed by atoms with Crippen molar-refractivity contribution in [2.75, 3.05) is 0 Å². The Kier molecular flexibility index (Phi) is 6.13. The first-order valence-electron chi connectivity index (χ1n) is 8.66. The van der Waals surface area contributed by atoms with Crippen LogP contribution in [0.3, 0.4) is 0 Å². The molecule has 1 aromatic heterocycles. The number of hydrogen-bond acceptors (Lipinski definition) is 5. The van der Waals surface area contributed by atoms with Crippen LogP contribution < -0.4 is 5.32 Å². The summed E-state index contributed by atoms with van der Waals surface area (Å²) >= 11 is 0. The van der Waals surface area contributed by atoms with Gasteiger partial charge in [-0.3, -0.25) is 4.79 Å². The van der Waals surface area contributed by atoms with Gasteiger partial charge in [0.2, 0.25) is 11.7 Å². The fourth-order valence-corrected chi connectivity index (χ4v) is 2.48. The molecule has 26 heavy (non-hydrogen) atoms. The van der Waals surface area contributed by atoms with Gasteiger partial charge in [-0.25, -0.2) is 4.79 Å². The van der Waals surface area contributed by atoms with E-state index in [1.54, 1.807) is 24.3 Å². The summed E-state index contributed by atoms with van der Waals surface area (Å²) in [5.74, 6) is -0.536. The number of carbonyl (C=O) groups excluding carboxylic acids is 1. The summed E-state index contributed by atoms with van der Waals surface area (Å²) in [6.45, 7) is 8.11. The average molecular weight is 359 g/mol. The summed E-state index contributed by atoms with van der Waals surface area (Å²) < 4.78 is 5.28. The highest BCUT2D eigenvalue weighted by Crippen LogP contribution is 2.22. The SMILES string of the molecule is CCCC(NC(=O)c1cccc(-c2noc(CC(C)(C)C)n2)c1)C(=O)O. The van der Waals surface area contributed by atoms with Crippen LogP contribution in [0.5, 0.6) is 0 Å². The molecule has 7 heteroatoms. The number of carboxylic acids is 1. The third-order valence-corrected chi connectivity index (χ3v) is 3.71. The van der Waals surface area contributed by atoms with Crippen molar-refractivity contribution in [1.82, 2.24) is 15.5 Å². The van der Waals surface area contributed by atoms with Crippen LogP contribution in [0.2, 0.25) is 0 Å². The van der Waals surface area contributed by atoms with Crippen molar-refractivity contribution in [1.29, 1.82) is 0 Å². The zero-order chi connectivity index (χ0) is 19.3. The monoisotopic (exact) mass is 359 g/mol. The number of carbonyl (C=O) groups is 2. The Labute approximate surface area is 152 Å². The molecule has 2 rings (SSSR count). The van der Waals surface area contributed by atoms with Gasteiger partial charge in [-0.05, 0) is 24.0 Å². The van der Waals surface area contributed by atoms with Crippen molar-refractivity contribution >= 4 is 11.9 Å². The molecule has 1 atom stereocenters. The van der Waals surface area contributed by atoms with Crippen LogP contribution in [-0.4, -0.2) is 33.2 Å². The molecule has 0 radical (unpaired) electrons. The van der Waals surface area contributed by atoms with Crippen molar-refractivity contribution in [3.63, 3.8) is 0 Å². The molecule has 1 amide bonds. The Morgan fingerprint density at radius 1 is 1.31 bits per heavy atom. The maximum Gasteiger partial charge on any atom is 0.326 e. The smallest absolute Gasteiger partial charge is 0.326 e. The van der Waals surface area contributed by atoms with Crippen molar-refractivity contribution in [3.8, 4) is 11.4 Å². The topological polar surface area (TPSA) is 105 Å². The molecule has 0 aliphatic carbocycles. The van der Waals surface area contributed by atoms with Crippen molar-refractivity contribution in [2.24, 2.45) is 5.41 Å². The molecular weight excluding hydrogens is 334 g/mol. The predicted molar refractivity (Wildman–Crippen MR) is 96.7 cm³/mol. The first kappa shape index (κ1) is 19.6. The Morgan fingerprint density at radius 3 is 2.65 bits per heavy atom. The average Bonchev–Trinajstić information content (AvgIpc) is 3.01.